The van der Waals surface area contributed by atoms with Crippen molar-refractivity contribution in [2.75, 3.05) is 0 Å². The molecule has 0 saturated carbocycles. The molecular formula is MnO3Pr-4. The van der Waals surface area contributed by atoms with Crippen molar-refractivity contribution in [3.63, 3.8) is 0 Å². The van der Waals surface area contributed by atoms with Gasteiger partial charge in [-0.25, -0.2) is 0 Å². The molecule has 5 heteroatoms. The Labute approximate surface area is 73.9 Å². The molecule has 3 nitrogen and oxygen atoms in total. The number of rotatable bonds is 0. The first-order chi connectivity index (χ1) is 0. The molecule has 0 aliphatic heterocycles. The molecule has 0 saturated heterocycles. The Morgan fingerprint density at radius 3 is 0.600 bits per heavy atom. The van der Waals surface area contributed by atoms with E-state index < -0.39 is 0 Å². The average molecular weight is 244 g/mol. The van der Waals surface area contributed by atoms with E-state index in [1.807, 2.05) is 0 Å². The van der Waals surface area contributed by atoms with E-state index in [0.29, 0.717) is 0 Å². The summed E-state index contributed by atoms with van der Waals surface area (Å²) in [4.78, 5) is 0. The fourth-order valence-corrected chi connectivity index (χ4v) is 0. The summed E-state index contributed by atoms with van der Waals surface area (Å²) in [6.07, 6.45) is 0. The van der Waals surface area contributed by atoms with Gasteiger partial charge in [-0.3, -0.25) is 0 Å². The van der Waals surface area contributed by atoms with E-state index >= 15 is 0 Å². The first kappa shape index (κ1) is 72.3. The first-order valence-corrected chi connectivity index (χ1v) is 0. The van der Waals surface area contributed by atoms with Crippen LogP contribution in [0.1, 0.15) is 0 Å². The first-order valence-electron chi connectivity index (χ1n) is 0. The van der Waals surface area contributed by atoms with Crippen LogP contribution in [-0.4, -0.2) is 0 Å². The monoisotopic (exact) mass is 244 g/mol. The van der Waals surface area contributed by atoms with Crippen LogP contribution in [0.2, 0.25) is 0 Å². The van der Waals surface area contributed by atoms with Gasteiger partial charge in [0.05, 0.1) is 0 Å². The van der Waals surface area contributed by atoms with Crippen LogP contribution in [0.15, 0.2) is 0 Å². The largest absolute Gasteiger partial charge is 2.00 e. The standard InChI is InChI=1S/Mn.3O.Pr/q+2;3*-2;. The third-order valence-corrected chi connectivity index (χ3v) is 0. The van der Waals surface area contributed by atoms with E-state index in [4.69, 9.17) is 0 Å². The van der Waals surface area contributed by atoms with Crippen LogP contribution in [0.3, 0.4) is 0 Å². The Hall–Kier alpha value is 1.76. The van der Waals surface area contributed by atoms with Crippen molar-refractivity contribution in [1.82, 2.24) is 0 Å². The number of hydrogen-bond acceptors (Lipinski definition) is 0. The van der Waals surface area contributed by atoms with Crippen molar-refractivity contribution >= 4 is 0 Å². The predicted octanol–water partition coefficient (Wildman–Crippen LogP) is -0.359. The smallest absolute Gasteiger partial charge is 2.00 e. The minimum Gasteiger partial charge on any atom is -2.00 e. The minimum atomic E-state index is 0. The summed E-state index contributed by atoms with van der Waals surface area (Å²) in [5.74, 6) is 0. The topological polar surface area (TPSA) is 85.5 Å². The zero-order valence-electron chi connectivity index (χ0n) is 2.18. The molecule has 0 aromatic rings. The third kappa shape index (κ3) is 26.3. The fourth-order valence-electron chi connectivity index (χ4n) is 0. The summed E-state index contributed by atoms with van der Waals surface area (Å²) in [5, 5.41) is 0. The van der Waals surface area contributed by atoms with Gasteiger partial charge >= 0.3 is 17.1 Å². The number of hydrogen-bond donors (Lipinski definition) is 0. The van der Waals surface area contributed by atoms with E-state index in [2.05, 4.69) is 0 Å². The van der Waals surface area contributed by atoms with Crippen LogP contribution in [0.4, 0.5) is 0 Å². The normalized spacial score (nSPS) is 0. The third-order valence-electron chi connectivity index (χ3n) is 0. The summed E-state index contributed by atoms with van der Waals surface area (Å²) in [5.41, 5.74) is 0. The Morgan fingerprint density at radius 1 is 0.600 bits per heavy atom. The molecule has 2 radical (unpaired) electrons. The molecule has 0 N–H and O–H groups in total. The van der Waals surface area contributed by atoms with Gasteiger partial charge in [-0.15, -0.1) is 0 Å². The molecule has 0 fully saturated rings. The van der Waals surface area contributed by atoms with E-state index in [1.54, 1.807) is 0 Å². The maximum Gasteiger partial charge on any atom is 2.00 e. The Morgan fingerprint density at radius 2 is 0.600 bits per heavy atom. The van der Waals surface area contributed by atoms with Crippen LogP contribution in [0.5, 0.6) is 0 Å². The van der Waals surface area contributed by atoms with Crippen molar-refractivity contribution in [2.45, 2.75) is 0 Å². The molecule has 0 spiro atoms. The van der Waals surface area contributed by atoms with Crippen LogP contribution in [0.25, 0.3) is 0 Å². The summed E-state index contributed by atoms with van der Waals surface area (Å²) in [7, 11) is 0. The van der Waals surface area contributed by atoms with Crippen LogP contribution in [0, 0.1) is 41.3 Å². The summed E-state index contributed by atoms with van der Waals surface area (Å²) in [6.45, 7) is 0. The van der Waals surface area contributed by atoms with Gasteiger partial charge in [0.1, 0.15) is 0 Å². The van der Waals surface area contributed by atoms with E-state index in [1.165, 1.54) is 0 Å². The van der Waals surface area contributed by atoms with Gasteiger partial charge in [-0.1, -0.05) is 0 Å². The Kier molecular flexibility index (Phi) is 608. The molecule has 0 aromatic heterocycles. The quantitative estimate of drug-likeness (QED) is 0.521. The fraction of sp³-hybridized carbons (Fsp3) is 0. The molecule has 0 aliphatic rings. The maximum atomic E-state index is 0. The van der Waals surface area contributed by atoms with Crippen molar-refractivity contribution in [3.8, 4) is 0 Å². The van der Waals surface area contributed by atoms with E-state index in [9.17, 15) is 0 Å². The second-order valence-electron chi connectivity index (χ2n) is 0. The zero-order valence-corrected chi connectivity index (χ0v) is 7.06. The molecule has 0 unspecified atom stereocenters. The predicted molar refractivity (Wildman–Crippen MR) is 2.06 cm³/mol. The van der Waals surface area contributed by atoms with E-state index in [0.717, 1.165) is 0 Å². The van der Waals surface area contributed by atoms with Gasteiger partial charge in [0.25, 0.3) is 0 Å². The second kappa shape index (κ2) is 42.1. The Bertz CT molecular complexity index is 6.85. The van der Waals surface area contributed by atoms with Gasteiger partial charge in [0.15, 0.2) is 0 Å². The molecule has 0 amide bonds. The second-order valence-corrected chi connectivity index (χ2v) is 0. The van der Waals surface area contributed by atoms with Crippen molar-refractivity contribution in [3.05, 3.63) is 0 Å². The van der Waals surface area contributed by atoms with Crippen LogP contribution in [-0.2, 0) is 33.5 Å². The zero-order chi connectivity index (χ0) is 0. The van der Waals surface area contributed by atoms with Gasteiger partial charge in [0, 0.05) is 41.3 Å². The minimum absolute atomic E-state index is 0. The Balaban J connectivity index is 0. The molecule has 5 heavy (non-hydrogen) atoms. The summed E-state index contributed by atoms with van der Waals surface area (Å²) >= 11 is 0. The molecular weight excluding hydrogens is 244 g/mol. The van der Waals surface area contributed by atoms with Gasteiger partial charge < -0.3 is 16.4 Å². The SMILES string of the molecule is [Mn+2].[O-2].[O-2].[O-2].[Pr]. The van der Waals surface area contributed by atoms with Crippen LogP contribution >= 0.6 is 0 Å². The van der Waals surface area contributed by atoms with E-state index in [-0.39, 0.29) is 74.8 Å². The van der Waals surface area contributed by atoms with Gasteiger partial charge in [-0.2, -0.15) is 0 Å². The van der Waals surface area contributed by atoms with Crippen LogP contribution < -0.4 is 0 Å². The molecule has 0 heterocycles. The van der Waals surface area contributed by atoms with Crippen molar-refractivity contribution in [2.24, 2.45) is 0 Å². The van der Waals surface area contributed by atoms with Gasteiger partial charge in [0.2, 0.25) is 0 Å². The molecule has 0 atom stereocenters. The molecule has 0 aromatic carbocycles. The molecule has 32 valence electrons. The molecule has 0 bridgehead atoms. The maximum absolute atomic E-state index is 0. The summed E-state index contributed by atoms with van der Waals surface area (Å²) in [6, 6.07) is 0. The van der Waals surface area contributed by atoms with Gasteiger partial charge in [-0.05, 0) is 0 Å². The van der Waals surface area contributed by atoms with Crippen molar-refractivity contribution in [1.29, 1.82) is 0 Å². The summed E-state index contributed by atoms with van der Waals surface area (Å²) < 4.78 is 0. The molecule has 0 aliphatic carbocycles. The molecule has 0 rings (SSSR count). The average Bonchev–Trinajstić information content (AvgIpc) is 0. The van der Waals surface area contributed by atoms with Crippen molar-refractivity contribution < 1.29 is 74.8 Å².